The third-order valence-electron chi connectivity index (χ3n) is 7.76. The highest BCUT2D eigenvalue weighted by Gasteiger charge is 2.68. The molecule has 2 N–H and O–H groups in total. The van der Waals surface area contributed by atoms with E-state index < -0.39 is 71.1 Å². The monoisotopic (exact) mass is 486 g/mol. The van der Waals surface area contributed by atoms with Crippen LogP contribution in [-0.4, -0.2) is 45.8 Å². The Morgan fingerprint density at radius 3 is 1.06 bits per heavy atom. The van der Waals surface area contributed by atoms with Crippen LogP contribution in [0.4, 0.5) is 11.4 Å². The maximum atomic E-state index is 13.5. The minimum absolute atomic E-state index is 0.0131. The molecule has 3 fully saturated rings. The van der Waals surface area contributed by atoms with E-state index in [4.69, 9.17) is 10.2 Å². The number of carboxylic acids is 2. The first-order valence-corrected chi connectivity index (χ1v) is 11.3. The van der Waals surface area contributed by atoms with E-state index in [-0.39, 0.29) is 22.5 Å². The van der Waals surface area contributed by atoms with Crippen LogP contribution < -0.4 is 9.80 Å². The van der Waals surface area contributed by atoms with Gasteiger partial charge in [0.2, 0.25) is 23.6 Å². The van der Waals surface area contributed by atoms with Crippen LogP contribution in [-0.2, 0) is 19.2 Å². The fourth-order valence-electron chi connectivity index (χ4n) is 6.24. The van der Waals surface area contributed by atoms with Gasteiger partial charge in [0.1, 0.15) is 0 Å². The summed E-state index contributed by atoms with van der Waals surface area (Å²) < 4.78 is 0. The summed E-state index contributed by atoms with van der Waals surface area (Å²) in [5.41, 5.74) is 0.511. The molecule has 7 rings (SSSR count). The summed E-state index contributed by atoms with van der Waals surface area (Å²) in [7, 11) is 0. The number of allylic oxidation sites excluding steroid dienone is 2. The Hall–Kier alpha value is -4.60. The fourth-order valence-corrected chi connectivity index (χ4v) is 6.24. The lowest BCUT2D eigenvalue weighted by molar-refractivity contribution is -0.137. The second-order valence-corrected chi connectivity index (χ2v) is 9.37. The number of benzene rings is 2. The van der Waals surface area contributed by atoms with Crippen LogP contribution in [0.1, 0.15) is 20.7 Å². The number of carbonyl (C=O) groups is 6. The van der Waals surface area contributed by atoms with Crippen molar-refractivity contribution in [2.75, 3.05) is 9.80 Å². The average Bonchev–Trinajstić information content (AvgIpc) is 3.31. The highest BCUT2D eigenvalue weighted by Crippen LogP contribution is 2.58. The summed E-state index contributed by atoms with van der Waals surface area (Å²) in [6.45, 7) is 0. The van der Waals surface area contributed by atoms with Crippen molar-refractivity contribution in [2.45, 2.75) is 0 Å². The summed E-state index contributed by atoms with van der Waals surface area (Å²) in [6.07, 6.45) is 3.49. The lowest BCUT2D eigenvalue weighted by atomic mass is 9.54. The minimum Gasteiger partial charge on any atom is -0.478 e. The summed E-state index contributed by atoms with van der Waals surface area (Å²) >= 11 is 0. The van der Waals surface area contributed by atoms with Crippen molar-refractivity contribution in [1.29, 1.82) is 0 Å². The highest BCUT2D eigenvalue weighted by atomic mass is 16.4. The highest BCUT2D eigenvalue weighted by molar-refractivity contribution is 6.26. The molecule has 2 heterocycles. The zero-order valence-electron chi connectivity index (χ0n) is 18.5. The molecular weight excluding hydrogens is 468 g/mol. The molecule has 0 aromatic heterocycles. The maximum Gasteiger partial charge on any atom is 0.335 e. The van der Waals surface area contributed by atoms with Gasteiger partial charge in [0.15, 0.2) is 0 Å². The molecule has 5 aliphatic rings. The van der Waals surface area contributed by atoms with E-state index in [0.717, 1.165) is 9.80 Å². The van der Waals surface area contributed by atoms with E-state index in [1.54, 1.807) is 12.2 Å². The number of carbonyl (C=O) groups excluding carboxylic acids is 4. The van der Waals surface area contributed by atoms with Crippen LogP contribution in [0.2, 0.25) is 0 Å². The Bertz CT molecular complexity index is 1260. The van der Waals surface area contributed by atoms with Crippen molar-refractivity contribution in [1.82, 2.24) is 0 Å². The molecule has 0 spiro atoms. The molecule has 10 heteroatoms. The topological polar surface area (TPSA) is 149 Å². The van der Waals surface area contributed by atoms with Gasteiger partial charge in [0.05, 0.1) is 46.2 Å². The van der Waals surface area contributed by atoms with Gasteiger partial charge in [0, 0.05) is 11.8 Å². The normalized spacial score (nSPS) is 30.1. The Kier molecular flexibility index (Phi) is 4.53. The average molecular weight is 486 g/mol. The van der Waals surface area contributed by atoms with Crippen molar-refractivity contribution >= 4 is 46.9 Å². The Balaban J connectivity index is 1.34. The molecule has 2 aromatic carbocycles. The van der Waals surface area contributed by atoms with Gasteiger partial charge >= 0.3 is 11.9 Å². The number of nitrogens with zero attached hydrogens (tertiary/aromatic N) is 2. The van der Waals surface area contributed by atoms with E-state index in [1.807, 2.05) is 0 Å². The van der Waals surface area contributed by atoms with Crippen molar-refractivity contribution in [3.63, 3.8) is 0 Å². The van der Waals surface area contributed by atoms with Crippen molar-refractivity contribution in [3.8, 4) is 0 Å². The van der Waals surface area contributed by atoms with Gasteiger partial charge in [-0.2, -0.15) is 0 Å². The van der Waals surface area contributed by atoms with E-state index in [9.17, 15) is 28.8 Å². The molecule has 2 aliphatic heterocycles. The minimum atomic E-state index is -1.14. The number of hydrogen-bond acceptors (Lipinski definition) is 6. The quantitative estimate of drug-likeness (QED) is 0.491. The van der Waals surface area contributed by atoms with Gasteiger partial charge in [-0.3, -0.25) is 29.0 Å². The zero-order valence-corrected chi connectivity index (χ0v) is 18.5. The number of aromatic carboxylic acids is 2. The Morgan fingerprint density at radius 1 is 0.528 bits per heavy atom. The SMILES string of the molecule is O=C(O)c1ccc(N2C(=O)[C@@H]3C4C=CC([C@@H]3C2=O)[C@@H]2C(=O)N(c3ccc(C(=O)O)cc3)C(=O)[C@H]42)cc1. The predicted molar refractivity (Wildman–Crippen MR) is 122 cm³/mol. The van der Waals surface area contributed by atoms with Crippen LogP contribution in [0.5, 0.6) is 0 Å². The molecule has 0 radical (unpaired) electrons. The lowest BCUT2D eigenvalue weighted by Crippen LogP contribution is -2.50. The summed E-state index contributed by atoms with van der Waals surface area (Å²) in [5.74, 6) is -8.70. The molecular formula is C26H18N2O8. The van der Waals surface area contributed by atoms with E-state index >= 15 is 0 Å². The second kappa shape index (κ2) is 7.45. The third-order valence-corrected chi connectivity index (χ3v) is 7.76. The van der Waals surface area contributed by atoms with Gasteiger partial charge in [-0.25, -0.2) is 9.59 Å². The first kappa shape index (κ1) is 21.9. The van der Waals surface area contributed by atoms with Crippen LogP contribution in [0, 0.1) is 35.5 Å². The van der Waals surface area contributed by atoms with Crippen LogP contribution in [0.25, 0.3) is 0 Å². The Labute approximate surface area is 203 Å². The molecule has 2 bridgehead atoms. The van der Waals surface area contributed by atoms with Crippen molar-refractivity contribution in [3.05, 3.63) is 71.8 Å². The fraction of sp³-hybridized carbons (Fsp3) is 0.231. The van der Waals surface area contributed by atoms with Crippen LogP contribution >= 0.6 is 0 Å². The molecule has 2 saturated heterocycles. The van der Waals surface area contributed by atoms with Crippen molar-refractivity contribution < 1.29 is 39.0 Å². The molecule has 0 unspecified atom stereocenters. The van der Waals surface area contributed by atoms with E-state index in [2.05, 4.69) is 0 Å². The lowest BCUT2D eigenvalue weighted by Gasteiger charge is -2.44. The molecule has 3 aliphatic carbocycles. The summed E-state index contributed by atoms with van der Waals surface area (Å²) in [5, 5.41) is 18.2. The molecule has 10 nitrogen and oxygen atoms in total. The summed E-state index contributed by atoms with van der Waals surface area (Å²) in [4.78, 5) is 78.3. The van der Waals surface area contributed by atoms with Gasteiger partial charge in [-0.15, -0.1) is 0 Å². The number of imide groups is 2. The second-order valence-electron chi connectivity index (χ2n) is 9.37. The number of rotatable bonds is 4. The number of carboxylic acid groups (broad SMARTS) is 2. The number of amides is 4. The molecule has 2 aromatic rings. The maximum absolute atomic E-state index is 13.5. The largest absolute Gasteiger partial charge is 0.478 e. The number of anilines is 2. The molecule has 4 atom stereocenters. The standard InChI is InChI=1S/C26H18N2O8/c29-21-17-15-9-10-16(18(17)22(30)27(21)13-5-1-11(2-6-13)25(33)34)20-19(15)23(31)28(24(20)32)14-7-3-12(4-8-14)26(35)36/h1-10,15-20H,(H,33,34)(H,35,36)/t15?,16?,17-,18+,19-,20+. The van der Waals surface area contributed by atoms with Crippen LogP contribution in [0.3, 0.4) is 0 Å². The van der Waals surface area contributed by atoms with Gasteiger partial charge in [-0.05, 0) is 48.5 Å². The van der Waals surface area contributed by atoms with Crippen molar-refractivity contribution in [2.24, 2.45) is 35.5 Å². The van der Waals surface area contributed by atoms with Gasteiger partial charge < -0.3 is 10.2 Å². The molecule has 4 amide bonds. The molecule has 36 heavy (non-hydrogen) atoms. The third kappa shape index (κ3) is 2.78. The first-order valence-electron chi connectivity index (χ1n) is 11.3. The zero-order chi connectivity index (χ0) is 25.5. The predicted octanol–water partition coefficient (Wildman–Crippen LogP) is 1.81. The van der Waals surface area contributed by atoms with E-state index in [0.29, 0.717) is 0 Å². The van der Waals surface area contributed by atoms with Crippen LogP contribution in [0.15, 0.2) is 60.7 Å². The smallest absolute Gasteiger partial charge is 0.335 e. The number of hydrogen-bond donors (Lipinski definition) is 2. The van der Waals surface area contributed by atoms with Gasteiger partial charge in [0.25, 0.3) is 0 Å². The first-order chi connectivity index (χ1) is 17.2. The summed E-state index contributed by atoms with van der Waals surface area (Å²) in [6, 6.07) is 10.8. The molecule has 180 valence electrons. The van der Waals surface area contributed by atoms with E-state index in [1.165, 1.54) is 48.5 Å². The van der Waals surface area contributed by atoms with Gasteiger partial charge in [-0.1, -0.05) is 12.2 Å². The molecule has 1 saturated carbocycles. The Morgan fingerprint density at radius 2 is 0.806 bits per heavy atom.